The smallest absolute Gasteiger partial charge is 0.361 e. The van der Waals surface area contributed by atoms with Crippen molar-refractivity contribution in [3.63, 3.8) is 0 Å². The van der Waals surface area contributed by atoms with E-state index in [9.17, 15) is 13.2 Å². The average molecular weight is 419 g/mol. The van der Waals surface area contributed by atoms with Gasteiger partial charge in [0.05, 0.1) is 22.3 Å². The first-order valence-electron chi connectivity index (χ1n) is 8.83. The number of hydrogen-bond acceptors (Lipinski definition) is 2. The van der Waals surface area contributed by atoms with Gasteiger partial charge in [-0.05, 0) is 42.9 Å². The summed E-state index contributed by atoms with van der Waals surface area (Å²) >= 11 is 12.3. The van der Waals surface area contributed by atoms with Crippen molar-refractivity contribution in [1.82, 2.24) is 4.90 Å². The molecule has 1 aliphatic heterocycles. The molecule has 0 N–H and O–H groups in total. The van der Waals surface area contributed by atoms with E-state index in [1.165, 1.54) is 0 Å². The third-order valence-electron chi connectivity index (χ3n) is 4.43. The van der Waals surface area contributed by atoms with Crippen LogP contribution in [0.1, 0.15) is 31.0 Å². The normalized spacial score (nSPS) is 18.1. The van der Waals surface area contributed by atoms with Crippen molar-refractivity contribution in [3.05, 3.63) is 63.6 Å². The second kappa shape index (κ2) is 9.18. The van der Waals surface area contributed by atoms with Gasteiger partial charge in [-0.25, -0.2) is 0 Å². The topological polar surface area (TPSA) is 6.48 Å². The third-order valence-corrected chi connectivity index (χ3v) is 4.96. The number of nitrogens with zero attached hydrogens (tertiary/aromatic N) is 2. The number of anilines is 1. The van der Waals surface area contributed by atoms with Crippen LogP contribution in [0.2, 0.25) is 10.0 Å². The van der Waals surface area contributed by atoms with E-state index in [0.717, 1.165) is 36.5 Å². The zero-order chi connectivity index (χ0) is 20.2. The van der Waals surface area contributed by atoms with Crippen LogP contribution in [-0.2, 0) is 6.18 Å². The summed E-state index contributed by atoms with van der Waals surface area (Å²) in [5.74, 6) is 0. The van der Waals surface area contributed by atoms with E-state index < -0.39 is 11.7 Å². The molecule has 2 aromatic rings. The van der Waals surface area contributed by atoms with E-state index in [1.807, 2.05) is 27.0 Å². The van der Waals surface area contributed by atoms with Gasteiger partial charge in [-0.2, -0.15) is 13.2 Å². The van der Waals surface area contributed by atoms with Gasteiger partial charge in [0.1, 0.15) is 0 Å². The minimum absolute atomic E-state index is 0.0836. The van der Waals surface area contributed by atoms with Crippen LogP contribution in [0.3, 0.4) is 0 Å². The Kier molecular flexibility index (Phi) is 7.43. The number of rotatable bonds is 2. The minimum atomic E-state index is -4.33. The van der Waals surface area contributed by atoms with Gasteiger partial charge in [-0.1, -0.05) is 49.2 Å². The predicted octanol–water partition coefficient (Wildman–Crippen LogP) is 6.53. The molecular weight excluding hydrogens is 396 g/mol. The second-order valence-electron chi connectivity index (χ2n) is 6.19. The first-order chi connectivity index (χ1) is 12.8. The van der Waals surface area contributed by atoms with Crippen molar-refractivity contribution >= 4 is 28.9 Å². The molecule has 0 saturated carbocycles. The fraction of sp³-hybridized carbons (Fsp3) is 0.400. The van der Waals surface area contributed by atoms with Crippen LogP contribution in [0.4, 0.5) is 18.9 Å². The molecule has 1 fully saturated rings. The predicted molar refractivity (Wildman–Crippen MR) is 107 cm³/mol. The number of hydrogen-bond donors (Lipinski definition) is 0. The minimum Gasteiger partial charge on any atom is -0.361 e. The van der Waals surface area contributed by atoms with Gasteiger partial charge in [-0.15, -0.1) is 0 Å². The molecule has 27 heavy (non-hydrogen) atoms. The quantitative estimate of drug-likeness (QED) is 0.546. The number of piperazine rings is 1. The van der Waals surface area contributed by atoms with Crippen molar-refractivity contribution in [2.24, 2.45) is 0 Å². The fourth-order valence-corrected chi connectivity index (χ4v) is 3.62. The van der Waals surface area contributed by atoms with E-state index in [1.54, 1.807) is 24.3 Å². The summed E-state index contributed by atoms with van der Waals surface area (Å²) < 4.78 is 38.4. The lowest BCUT2D eigenvalue weighted by molar-refractivity contribution is -0.137. The Morgan fingerprint density at radius 2 is 1.59 bits per heavy atom. The van der Waals surface area contributed by atoms with Crippen molar-refractivity contribution in [3.8, 4) is 0 Å². The monoisotopic (exact) mass is 418 g/mol. The van der Waals surface area contributed by atoms with E-state index in [-0.39, 0.29) is 6.04 Å². The summed E-state index contributed by atoms with van der Waals surface area (Å²) in [7, 11) is 2.00. The second-order valence-corrected chi connectivity index (χ2v) is 7.03. The zero-order valence-electron chi connectivity index (χ0n) is 15.5. The van der Waals surface area contributed by atoms with Crippen molar-refractivity contribution in [2.45, 2.75) is 26.1 Å². The molecule has 2 nitrogen and oxygen atoms in total. The number of alkyl halides is 3. The molecule has 3 rings (SSSR count). The summed E-state index contributed by atoms with van der Waals surface area (Å²) in [6.07, 6.45) is -4.33. The Balaban J connectivity index is 0.00000126. The maximum atomic E-state index is 12.8. The number of benzene rings is 2. The van der Waals surface area contributed by atoms with Crippen molar-refractivity contribution in [1.29, 1.82) is 0 Å². The van der Waals surface area contributed by atoms with E-state index in [2.05, 4.69) is 9.80 Å². The van der Waals surface area contributed by atoms with Gasteiger partial charge in [-0.3, -0.25) is 0 Å². The maximum absolute atomic E-state index is 12.8. The Morgan fingerprint density at radius 1 is 0.963 bits per heavy atom. The number of halogens is 5. The molecule has 1 unspecified atom stereocenters. The van der Waals surface area contributed by atoms with Crippen LogP contribution in [0.5, 0.6) is 0 Å². The Labute approximate surface area is 168 Å². The van der Waals surface area contributed by atoms with Gasteiger partial charge >= 0.3 is 6.18 Å². The molecule has 1 atom stereocenters. The lowest BCUT2D eigenvalue weighted by Crippen LogP contribution is -2.47. The Bertz CT molecular complexity index is 748. The molecule has 7 heteroatoms. The van der Waals surface area contributed by atoms with Crippen LogP contribution < -0.4 is 4.90 Å². The molecule has 0 bridgehead atoms. The van der Waals surface area contributed by atoms with Gasteiger partial charge in [0.2, 0.25) is 0 Å². The molecular formula is C20H23Cl2F3N2. The summed E-state index contributed by atoms with van der Waals surface area (Å²) in [4.78, 5) is 4.28. The fourth-order valence-electron chi connectivity index (χ4n) is 3.10. The molecule has 0 radical (unpaired) electrons. The first kappa shape index (κ1) is 21.9. The SMILES string of the molecule is CC.CN1CCN(c2ccc(Cl)cc2Cl)C(c2ccc(C(F)(F)F)cc2)C1. The molecule has 1 aliphatic rings. The molecule has 0 amide bonds. The van der Waals surface area contributed by atoms with Crippen molar-refractivity contribution < 1.29 is 13.2 Å². The van der Waals surface area contributed by atoms with Crippen LogP contribution in [-0.4, -0.2) is 31.6 Å². The summed E-state index contributed by atoms with van der Waals surface area (Å²) in [5.41, 5.74) is 1.02. The highest BCUT2D eigenvalue weighted by Gasteiger charge is 2.32. The summed E-state index contributed by atoms with van der Waals surface area (Å²) in [6, 6.07) is 10.6. The zero-order valence-corrected chi connectivity index (χ0v) is 17.0. The molecule has 2 aromatic carbocycles. The van der Waals surface area contributed by atoms with Crippen LogP contribution in [0.25, 0.3) is 0 Å². The van der Waals surface area contributed by atoms with E-state index in [4.69, 9.17) is 23.2 Å². The Morgan fingerprint density at radius 3 is 2.15 bits per heavy atom. The Hall–Kier alpha value is -1.43. The number of likely N-dealkylation sites (N-methyl/N-ethyl adjacent to an activating group) is 1. The van der Waals surface area contributed by atoms with Gasteiger partial charge < -0.3 is 9.80 Å². The lowest BCUT2D eigenvalue weighted by atomic mass is 10.00. The van der Waals surface area contributed by atoms with E-state index in [0.29, 0.717) is 16.6 Å². The molecule has 0 aromatic heterocycles. The van der Waals surface area contributed by atoms with Crippen LogP contribution in [0.15, 0.2) is 42.5 Å². The molecule has 1 saturated heterocycles. The highest BCUT2D eigenvalue weighted by Crippen LogP contribution is 2.37. The van der Waals surface area contributed by atoms with Crippen LogP contribution in [0, 0.1) is 0 Å². The van der Waals surface area contributed by atoms with E-state index >= 15 is 0 Å². The largest absolute Gasteiger partial charge is 0.416 e. The highest BCUT2D eigenvalue weighted by molar-refractivity contribution is 6.36. The molecule has 0 spiro atoms. The summed E-state index contributed by atoms with van der Waals surface area (Å²) in [5, 5.41) is 1.09. The molecule has 1 heterocycles. The standard InChI is InChI=1S/C18H17Cl2F3N2.C2H6/c1-24-8-9-25(16-7-6-14(19)10-15(16)20)17(11-24)12-2-4-13(5-3-12)18(21,22)23;1-2/h2-7,10,17H,8-9,11H2,1H3;1-2H3. The highest BCUT2D eigenvalue weighted by atomic mass is 35.5. The average Bonchev–Trinajstić information content (AvgIpc) is 2.63. The first-order valence-corrected chi connectivity index (χ1v) is 9.58. The lowest BCUT2D eigenvalue weighted by Gasteiger charge is -2.42. The van der Waals surface area contributed by atoms with Gasteiger partial charge in [0.25, 0.3) is 0 Å². The van der Waals surface area contributed by atoms with Crippen LogP contribution >= 0.6 is 23.2 Å². The third kappa shape index (κ3) is 5.31. The van der Waals surface area contributed by atoms with Gasteiger partial charge in [0, 0.05) is 24.7 Å². The molecule has 0 aliphatic carbocycles. The molecule has 148 valence electrons. The van der Waals surface area contributed by atoms with Crippen molar-refractivity contribution in [2.75, 3.05) is 31.6 Å². The maximum Gasteiger partial charge on any atom is 0.416 e. The van der Waals surface area contributed by atoms with Gasteiger partial charge in [0.15, 0.2) is 0 Å². The summed E-state index contributed by atoms with van der Waals surface area (Å²) in [6.45, 7) is 6.27.